The van der Waals surface area contributed by atoms with Crippen LogP contribution in [0.25, 0.3) is 0 Å². The molecular weight excluding hydrogens is 653 g/mol. The van der Waals surface area contributed by atoms with E-state index in [1.165, 1.54) is 296 Å². The van der Waals surface area contributed by atoms with Crippen LogP contribution in [-0.4, -0.2) is 4.57 Å². The van der Waals surface area contributed by atoms with Crippen molar-refractivity contribution >= 4 is 0 Å². The first-order valence-electron chi connectivity index (χ1n) is 25.9. The molecule has 0 amide bonds. The summed E-state index contributed by atoms with van der Waals surface area (Å²) in [5.74, 6) is 1.63. The molecule has 0 radical (unpaired) electrons. The van der Waals surface area contributed by atoms with E-state index in [1.54, 1.807) is 5.82 Å². The fraction of sp³-hybridized carbons (Fsp3) is 0.942. The second kappa shape index (κ2) is 43.3. The summed E-state index contributed by atoms with van der Waals surface area (Å²) in [5, 5.41) is 0. The molecule has 1 rings (SSSR count). The molecule has 2 nitrogen and oxygen atoms in total. The molecule has 0 aromatic carbocycles. The van der Waals surface area contributed by atoms with Crippen LogP contribution >= 0.6 is 0 Å². The third-order valence-electron chi connectivity index (χ3n) is 12.6. The summed E-state index contributed by atoms with van der Waals surface area (Å²) in [6.07, 6.45) is 68.3. The SMILES string of the molecule is CCCCCCCCCCCCCCCCCCCc1n(CCCCCCCCCCC)cc[n+]1CCCCCCCCCCCCCCCCCCC. The molecular formula is C52H103N2+. The lowest BCUT2D eigenvalue weighted by Gasteiger charge is -2.07. The molecule has 1 aromatic heterocycles. The number of hydrogen-bond acceptors (Lipinski definition) is 0. The number of rotatable bonds is 46. The zero-order valence-corrected chi connectivity index (χ0v) is 38.1. The van der Waals surface area contributed by atoms with Crippen LogP contribution in [0.5, 0.6) is 0 Å². The highest BCUT2D eigenvalue weighted by Crippen LogP contribution is 2.17. The van der Waals surface area contributed by atoms with Gasteiger partial charge in [-0.1, -0.05) is 265 Å². The third kappa shape index (κ3) is 34.5. The van der Waals surface area contributed by atoms with E-state index in [-0.39, 0.29) is 0 Å². The first-order chi connectivity index (χ1) is 26.8. The molecule has 0 unspecified atom stereocenters. The molecule has 0 atom stereocenters. The Bertz CT molecular complexity index is 826. The number of imidazole rings is 1. The highest BCUT2D eigenvalue weighted by atomic mass is 15.1. The van der Waals surface area contributed by atoms with Gasteiger partial charge in [0.15, 0.2) is 0 Å². The molecule has 0 spiro atoms. The maximum Gasteiger partial charge on any atom is 0.256 e. The fourth-order valence-corrected chi connectivity index (χ4v) is 8.80. The monoisotopic (exact) mass is 756 g/mol. The molecule has 0 aliphatic heterocycles. The molecule has 0 bridgehead atoms. The van der Waals surface area contributed by atoms with Crippen LogP contribution in [0.4, 0.5) is 0 Å². The molecule has 0 aliphatic rings. The van der Waals surface area contributed by atoms with Gasteiger partial charge in [-0.2, -0.15) is 0 Å². The number of unbranched alkanes of at least 4 members (excludes halogenated alkanes) is 40. The second-order valence-electron chi connectivity index (χ2n) is 18.0. The van der Waals surface area contributed by atoms with Gasteiger partial charge in [0.25, 0.3) is 5.82 Å². The topological polar surface area (TPSA) is 8.81 Å². The minimum absolute atomic E-state index is 1.23. The molecule has 0 fully saturated rings. The maximum atomic E-state index is 2.66. The van der Waals surface area contributed by atoms with Crippen molar-refractivity contribution in [2.75, 3.05) is 0 Å². The van der Waals surface area contributed by atoms with Gasteiger partial charge in [-0.05, 0) is 32.1 Å². The molecule has 320 valence electrons. The average molecular weight is 756 g/mol. The van der Waals surface area contributed by atoms with Crippen LogP contribution in [0.1, 0.15) is 303 Å². The Labute approximate surface area is 342 Å². The van der Waals surface area contributed by atoms with Gasteiger partial charge >= 0.3 is 0 Å². The summed E-state index contributed by atoms with van der Waals surface area (Å²) < 4.78 is 5.31. The lowest BCUT2D eigenvalue weighted by atomic mass is 10.0. The van der Waals surface area contributed by atoms with Crippen molar-refractivity contribution in [2.24, 2.45) is 0 Å². The normalized spacial score (nSPS) is 11.7. The van der Waals surface area contributed by atoms with Crippen molar-refractivity contribution in [3.05, 3.63) is 18.2 Å². The predicted molar refractivity (Wildman–Crippen MR) is 244 cm³/mol. The smallest absolute Gasteiger partial charge is 0.234 e. The Kier molecular flexibility index (Phi) is 41.1. The Morgan fingerprint density at radius 2 is 0.574 bits per heavy atom. The summed E-state index contributed by atoms with van der Waals surface area (Å²) in [6.45, 7) is 9.42. The van der Waals surface area contributed by atoms with Crippen molar-refractivity contribution in [1.29, 1.82) is 0 Å². The average Bonchev–Trinajstić information content (AvgIpc) is 3.57. The van der Waals surface area contributed by atoms with E-state index in [1.807, 2.05) is 0 Å². The third-order valence-corrected chi connectivity index (χ3v) is 12.6. The quantitative estimate of drug-likeness (QED) is 0.0463. The summed E-state index contributed by atoms with van der Waals surface area (Å²) in [6, 6.07) is 0. The first-order valence-corrected chi connectivity index (χ1v) is 25.9. The lowest BCUT2D eigenvalue weighted by molar-refractivity contribution is -0.704. The van der Waals surface area contributed by atoms with E-state index >= 15 is 0 Å². The first kappa shape index (κ1) is 51.2. The van der Waals surface area contributed by atoms with E-state index in [2.05, 4.69) is 42.3 Å². The highest BCUT2D eigenvalue weighted by Gasteiger charge is 2.16. The molecule has 0 N–H and O–H groups in total. The van der Waals surface area contributed by atoms with E-state index in [4.69, 9.17) is 0 Å². The van der Waals surface area contributed by atoms with Crippen molar-refractivity contribution in [3.8, 4) is 0 Å². The van der Waals surface area contributed by atoms with Crippen molar-refractivity contribution < 1.29 is 4.57 Å². The lowest BCUT2D eigenvalue weighted by Crippen LogP contribution is -2.37. The largest absolute Gasteiger partial charge is 0.256 e. The molecule has 54 heavy (non-hydrogen) atoms. The van der Waals surface area contributed by atoms with E-state index in [0.29, 0.717) is 0 Å². The minimum Gasteiger partial charge on any atom is -0.234 e. The predicted octanol–water partition coefficient (Wildman–Crippen LogP) is 18.2. The summed E-state index contributed by atoms with van der Waals surface area (Å²) >= 11 is 0. The summed E-state index contributed by atoms with van der Waals surface area (Å²) in [4.78, 5) is 0. The van der Waals surface area contributed by atoms with Crippen LogP contribution in [0.3, 0.4) is 0 Å². The zero-order valence-electron chi connectivity index (χ0n) is 38.1. The van der Waals surface area contributed by atoms with E-state index in [9.17, 15) is 0 Å². The van der Waals surface area contributed by atoms with Gasteiger partial charge in [0, 0.05) is 6.42 Å². The van der Waals surface area contributed by atoms with Crippen LogP contribution in [0.15, 0.2) is 12.4 Å². The molecule has 0 saturated carbocycles. The van der Waals surface area contributed by atoms with Crippen LogP contribution < -0.4 is 4.57 Å². The number of hydrogen-bond donors (Lipinski definition) is 0. The number of aromatic nitrogens is 2. The Balaban J connectivity index is 2.20. The Morgan fingerprint density at radius 3 is 0.889 bits per heavy atom. The van der Waals surface area contributed by atoms with Crippen LogP contribution in [0.2, 0.25) is 0 Å². The van der Waals surface area contributed by atoms with Crippen LogP contribution in [0, 0.1) is 0 Å². The van der Waals surface area contributed by atoms with Gasteiger partial charge in [-0.25, -0.2) is 9.13 Å². The van der Waals surface area contributed by atoms with Gasteiger partial charge in [-0.3, -0.25) is 0 Å². The molecule has 1 aromatic rings. The minimum atomic E-state index is 1.23. The summed E-state index contributed by atoms with van der Waals surface area (Å²) in [5.41, 5.74) is 0. The van der Waals surface area contributed by atoms with Crippen molar-refractivity contribution in [3.63, 3.8) is 0 Å². The zero-order chi connectivity index (χ0) is 38.7. The number of nitrogens with zero attached hydrogens (tertiary/aromatic N) is 2. The van der Waals surface area contributed by atoms with Crippen molar-refractivity contribution in [1.82, 2.24) is 4.57 Å². The van der Waals surface area contributed by atoms with Gasteiger partial charge in [0.1, 0.15) is 12.4 Å². The molecule has 0 aliphatic carbocycles. The van der Waals surface area contributed by atoms with Gasteiger partial charge in [0.2, 0.25) is 0 Å². The Morgan fingerprint density at radius 1 is 0.315 bits per heavy atom. The number of aryl methyl sites for hydroxylation is 2. The fourth-order valence-electron chi connectivity index (χ4n) is 8.80. The maximum absolute atomic E-state index is 2.66. The molecule has 2 heteroatoms. The van der Waals surface area contributed by atoms with E-state index < -0.39 is 0 Å². The van der Waals surface area contributed by atoms with Crippen LogP contribution in [-0.2, 0) is 19.5 Å². The highest BCUT2D eigenvalue weighted by molar-refractivity contribution is 4.84. The van der Waals surface area contributed by atoms with Crippen molar-refractivity contribution in [2.45, 2.75) is 316 Å². The van der Waals surface area contributed by atoms with Gasteiger partial charge in [-0.15, -0.1) is 0 Å². The second-order valence-corrected chi connectivity index (χ2v) is 18.0. The van der Waals surface area contributed by atoms with Gasteiger partial charge < -0.3 is 0 Å². The van der Waals surface area contributed by atoms with Gasteiger partial charge in [0.05, 0.1) is 13.1 Å². The molecule has 0 saturated heterocycles. The van der Waals surface area contributed by atoms with E-state index in [0.717, 1.165) is 0 Å². The summed E-state index contributed by atoms with van der Waals surface area (Å²) in [7, 11) is 0. The Hall–Kier alpha value is -0.790. The molecule has 1 heterocycles. The standard InChI is InChI=1S/C52H103N2/c1-4-7-10-13-16-19-21-23-25-27-29-31-33-35-38-41-44-47-52-53(48-45-42-39-36-18-15-12-9-6-3)50-51-54(52)49-46-43-40-37-34-32-30-28-26-24-22-20-17-14-11-8-5-2/h50-51H,4-49H2,1-3H3/q+1.